The average Bonchev–Trinajstić information content (AvgIpc) is 2.97. The van der Waals surface area contributed by atoms with Crippen molar-refractivity contribution in [2.24, 2.45) is 0 Å². The van der Waals surface area contributed by atoms with Crippen LogP contribution in [0, 0.1) is 21.4 Å². The number of rotatable bonds is 3. The fourth-order valence-corrected chi connectivity index (χ4v) is 3.53. The molecule has 5 nitrogen and oxygen atoms in total. The molecule has 0 unspecified atom stereocenters. The van der Waals surface area contributed by atoms with Crippen LogP contribution in [0.25, 0.3) is 21.9 Å². The summed E-state index contributed by atoms with van der Waals surface area (Å²) in [5.74, 6) is 0. The molecule has 0 amide bonds. The lowest BCUT2D eigenvalue weighted by Crippen LogP contribution is -1.91. The highest BCUT2D eigenvalue weighted by Gasteiger charge is 2.16. The minimum Gasteiger partial charge on any atom is -0.258 e. The Labute approximate surface area is 150 Å². The van der Waals surface area contributed by atoms with Gasteiger partial charge in [-0.05, 0) is 24.3 Å². The standard InChI is InChI=1S/C16H7Cl2N3O2S/c17-11-7-12(18)14(21(22)23)6-9(11)5-10(8-19)16-20-13-3-1-2-4-15(13)24-16/h1-7H/b10-5+. The summed E-state index contributed by atoms with van der Waals surface area (Å²) in [6, 6.07) is 12.1. The third kappa shape index (κ3) is 3.10. The van der Waals surface area contributed by atoms with Crippen LogP contribution in [0.2, 0.25) is 10.0 Å². The van der Waals surface area contributed by atoms with Crippen LogP contribution in [0.15, 0.2) is 36.4 Å². The van der Waals surface area contributed by atoms with Crippen LogP contribution in [0.1, 0.15) is 10.6 Å². The summed E-state index contributed by atoms with van der Waals surface area (Å²) >= 11 is 13.3. The molecule has 0 saturated heterocycles. The van der Waals surface area contributed by atoms with Gasteiger partial charge in [0, 0.05) is 16.7 Å². The number of halogens is 2. The van der Waals surface area contributed by atoms with E-state index in [1.54, 1.807) is 0 Å². The van der Waals surface area contributed by atoms with Crippen molar-refractivity contribution in [3.8, 4) is 6.07 Å². The Kier molecular flexibility index (Phi) is 4.49. The molecular formula is C16H7Cl2N3O2S. The summed E-state index contributed by atoms with van der Waals surface area (Å²) in [6.07, 6.45) is 1.48. The normalized spacial score (nSPS) is 11.5. The van der Waals surface area contributed by atoms with Gasteiger partial charge in [0.15, 0.2) is 0 Å². The van der Waals surface area contributed by atoms with E-state index >= 15 is 0 Å². The van der Waals surface area contributed by atoms with Crippen molar-refractivity contribution in [2.45, 2.75) is 0 Å². The maximum Gasteiger partial charge on any atom is 0.288 e. The highest BCUT2D eigenvalue weighted by atomic mass is 35.5. The second kappa shape index (κ2) is 6.57. The number of fused-ring (bicyclic) bond motifs is 1. The van der Waals surface area contributed by atoms with E-state index in [0.29, 0.717) is 10.6 Å². The Balaban J connectivity index is 2.13. The highest BCUT2D eigenvalue weighted by molar-refractivity contribution is 7.19. The Hall–Kier alpha value is -2.46. The first-order valence-corrected chi connectivity index (χ1v) is 8.18. The molecule has 3 aromatic rings. The van der Waals surface area contributed by atoms with Crippen LogP contribution < -0.4 is 0 Å². The number of thiazole rings is 1. The van der Waals surface area contributed by atoms with Crippen LogP contribution in [-0.2, 0) is 0 Å². The maximum atomic E-state index is 11.0. The molecule has 8 heteroatoms. The van der Waals surface area contributed by atoms with E-state index in [9.17, 15) is 15.4 Å². The maximum absolute atomic E-state index is 11.0. The van der Waals surface area contributed by atoms with E-state index in [2.05, 4.69) is 11.1 Å². The van der Waals surface area contributed by atoms with Crippen LogP contribution in [0.3, 0.4) is 0 Å². The molecule has 3 rings (SSSR count). The molecule has 2 aromatic carbocycles. The van der Waals surface area contributed by atoms with Crippen LogP contribution in [-0.4, -0.2) is 9.91 Å². The molecule has 0 aliphatic heterocycles. The van der Waals surface area contributed by atoms with E-state index in [1.807, 2.05) is 24.3 Å². The first-order valence-electron chi connectivity index (χ1n) is 6.61. The van der Waals surface area contributed by atoms with Crippen molar-refractivity contribution in [3.63, 3.8) is 0 Å². The number of nitrogens with zero attached hydrogens (tertiary/aromatic N) is 3. The van der Waals surface area contributed by atoms with Crippen molar-refractivity contribution in [1.82, 2.24) is 4.98 Å². The zero-order valence-corrected chi connectivity index (χ0v) is 14.2. The topological polar surface area (TPSA) is 79.8 Å². The minimum absolute atomic E-state index is 0.0550. The molecule has 0 spiro atoms. The van der Waals surface area contributed by atoms with Gasteiger partial charge in [-0.15, -0.1) is 11.3 Å². The number of aromatic nitrogens is 1. The number of hydrogen-bond acceptors (Lipinski definition) is 5. The number of para-hydroxylation sites is 1. The van der Waals surface area contributed by atoms with Crippen molar-refractivity contribution < 1.29 is 4.92 Å². The number of nitro benzene ring substituents is 1. The Morgan fingerprint density at radius 1 is 1.29 bits per heavy atom. The van der Waals surface area contributed by atoms with Gasteiger partial charge in [-0.25, -0.2) is 4.98 Å². The first-order chi connectivity index (χ1) is 11.5. The Morgan fingerprint density at radius 3 is 2.71 bits per heavy atom. The molecule has 0 aliphatic carbocycles. The number of hydrogen-bond donors (Lipinski definition) is 0. The van der Waals surface area contributed by atoms with Crippen molar-refractivity contribution in [3.05, 3.63) is 67.1 Å². The number of allylic oxidation sites excluding steroid dienone is 1. The minimum atomic E-state index is -0.597. The quantitative estimate of drug-likeness (QED) is 0.340. The molecule has 0 radical (unpaired) electrons. The zero-order valence-electron chi connectivity index (χ0n) is 11.9. The summed E-state index contributed by atoms with van der Waals surface area (Å²) in [7, 11) is 0. The van der Waals surface area contributed by atoms with Crippen molar-refractivity contribution >= 4 is 62.1 Å². The molecule has 0 saturated carbocycles. The van der Waals surface area contributed by atoms with Crippen molar-refractivity contribution in [2.75, 3.05) is 0 Å². The fraction of sp³-hybridized carbons (Fsp3) is 0. The van der Waals surface area contributed by atoms with E-state index in [4.69, 9.17) is 23.2 Å². The number of nitro groups is 1. The van der Waals surface area contributed by atoms with E-state index in [0.717, 1.165) is 10.2 Å². The van der Waals surface area contributed by atoms with Gasteiger partial charge in [0.1, 0.15) is 16.1 Å². The Bertz CT molecular complexity index is 1000. The summed E-state index contributed by atoms with van der Waals surface area (Å²) in [6.45, 7) is 0. The lowest BCUT2D eigenvalue weighted by molar-refractivity contribution is -0.384. The van der Waals surface area contributed by atoms with Gasteiger partial charge >= 0.3 is 0 Å². The molecule has 24 heavy (non-hydrogen) atoms. The lowest BCUT2D eigenvalue weighted by atomic mass is 10.1. The van der Waals surface area contributed by atoms with Crippen LogP contribution >= 0.6 is 34.5 Å². The summed E-state index contributed by atoms with van der Waals surface area (Å²) in [4.78, 5) is 14.8. The van der Waals surface area contributed by atoms with Gasteiger partial charge in [-0.2, -0.15) is 5.26 Å². The van der Waals surface area contributed by atoms with E-state index < -0.39 is 4.92 Å². The van der Waals surface area contributed by atoms with Crippen molar-refractivity contribution in [1.29, 1.82) is 5.26 Å². The van der Waals surface area contributed by atoms with Gasteiger partial charge in [0.2, 0.25) is 0 Å². The van der Waals surface area contributed by atoms with Crippen LogP contribution in [0.5, 0.6) is 0 Å². The van der Waals surface area contributed by atoms with Gasteiger partial charge in [0.25, 0.3) is 5.69 Å². The highest BCUT2D eigenvalue weighted by Crippen LogP contribution is 2.34. The Morgan fingerprint density at radius 2 is 2.04 bits per heavy atom. The van der Waals surface area contributed by atoms with Gasteiger partial charge in [-0.1, -0.05) is 35.3 Å². The molecule has 1 aromatic heterocycles. The summed E-state index contributed by atoms with van der Waals surface area (Å²) in [5, 5.41) is 21.1. The average molecular weight is 376 g/mol. The molecule has 0 atom stereocenters. The first kappa shape index (κ1) is 16.4. The SMILES string of the molecule is N#C/C(=C\c1cc([N+](=O)[O-])c(Cl)cc1Cl)c1nc2ccccc2s1. The van der Waals surface area contributed by atoms with Gasteiger partial charge < -0.3 is 0 Å². The monoisotopic (exact) mass is 375 g/mol. The molecule has 0 N–H and O–H groups in total. The number of benzene rings is 2. The fourth-order valence-electron chi connectivity index (χ4n) is 2.09. The molecule has 0 aliphatic rings. The second-order valence-corrected chi connectivity index (χ2v) is 6.58. The molecule has 0 fully saturated rings. The predicted molar refractivity (Wildman–Crippen MR) is 96.2 cm³/mol. The predicted octanol–water partition coefficient (Wildman–Crippen LogP) is 5.58. The summed E-state index contributed by atoms with van der Waals surface area (Å²) < 4.78 is 0.946. The molecule has 118 valence electrons. The van der Waals surface area contributed by atoms with E-state index in [1.165, 1.54) is 29.5 Å². The zero-order chi connectivity index (χ0) is 17.3. The largest absolute Gasteiger partial charge is 0.288 e. The lowest BCUT2D eigenvalue weighted by Gasteiger charge is -2.02. The smallest absolute Gasteiger partial charge is 0.258 e. The third-order valence-electron chi connectivity index (χ3n) is 3.21. The molecule has 0 bridgehead atoms. The van der Waals surface area contributed by atoms with Gasteiger partial charge in [-0.3, -0.25) is 10.1 Å². The summed E-state index contributed by atoms with van der Waals surface area (Å²) in [5.41, 5.74) is 1.12. The molecular weight excluding hydrogens is 369 g/mol. The third-order valence-corrected chi connectivity index (χ3v) is 4.91. The van der Waals surface area contributed by atoms with E-state index in [-0.39, 0.29) is 21.3 Å². The number of nitriles is 1. The van der Waals surface area contributed by atoms with Gasteiger partial charge in [0.05, 0.1) is 20.7 Å². The van der Waals surface area contributed by atoms with Crippen LogP contribution in [0.4, 0.5) is 5.69 Å². The molecule has 1 heterocycles. The second-order valence-electron chi connectivity index (χ2n) is 4.74.